The smallest absolute Gasteiger partial charge is 0.253 e. The first-order chi connectivity index (χ1) is 13.8. The molecule has 8 heteroatoms. The summed E-state index contributed by atoms with van der Waals surface area (Å²) in [5, 5.41) is 0. The Morgan fingerprint density at radius 3 is 2.10 bits per heavy atom. The predicted octanol–water partition coefficient (Wildman–Crippen LogP) is 2.05. The number of rotatable bonds is 6. The van der Waals surface area contributed by atoms with E-state index in [1.165, 1.54) is 16.4 Å². The second-order valence-electron chi connectivity index (χ2n) is 7.26. The van der Waals surface area contributed by atoms with Crippen molar-refractivity contribution in [1.82, 2.24) is 9.21 Å². The van der Waals surface area contributed by atoms with E-state index in [0.29, 0.717) is 38.4 Å². The second kappa shape index (κ2) is 8.94. The Labute approximate surface area is 172 Å². The molecular formula is C21H27N3O4S. The van der Waals surface area contributed by atoms with Gasteiger partial charge >= 0.3 is 0 Å². The summed E-state index contributed by atoms with van der Waals surface area (Å²) >= 11 is 0. The third-order valence-corrected chi connectivity index (χ3v) is 6.84. The number of carbonyl (C=O) groups is 1. The third kappa shape index (κ3) is 4.95. The van der Waals surface area contributed by atoms with E-state index in [2.05, 4.69) is 0 Å². The van der Waals surface area contributed by atoms with Crippen LogP contribution in [0.3, 0.4) is 0 Å². The molecule has 0 unspecified atom stereocenters. The molecule has 156 valence electrons. The summed E-state index contributed by atoms with van der Waals surface area (Å²) in [6.07, 6.45) is 0. The monoisotopic (exact) mass is 417 g/mol. The van der Waals surface area contributed by atoms with Crippen molar-refractivity contribution in [3.8, 4) is 0 Å². The molecule has 1 aliphatic heterocycles. The summed E-state index contributed by atoms with van der Waals surface area (Å²) in [6.45, 7) is 1.96. The van der Waals surface area contributed by atoms with Crippen molar-refractivity contribution in [2.24, 2.45) is 0 Å². The normalized spacial score (nSPS) is 15.1. The molecule has 1 saturated heterocycles. The van der Waals surface area contributed by atoms with Gasteiger partial charge in [0.1, 0.15) is 0 Å². The summed E-state index contributed by atoms with van der Waals surface area (Å²) in [5.41, 5.74) is 2.58. The molecule has 29 heavy (non-hydrogen) atoms. The molecule has 2 aromatic rings. The van der Waals surface area contributed by atoms with Gasteiger partial charge in [0.2, 0.25) is 10.0 Å². The van der Waals surface area contributed by atoms with Gasteiger partial charge in [-0.3, -0.25) is 4.79 Å². The molecule has 0 spiro atoms. The van der Waals surface area contributed by atoms with Gasteiger partial charge in [-0.1, -0.05) is 12.1 Å². The Bertz CT molecular complexity index is 935. The van der Waals surface area contributed by atoms with Gasteiger partial charge in [0.15, 0.2) is 0 Å². The van der Waals surface area contributed by atoms with Gasteiger partial charge in [0, 0.05) is 52.0 Å². The van der Waals surface area contributed by atoms with Gasteiger partial charge in [-0.15, -0.1) is 0 Å². The summed E-state index contributed by atoms with van der Waals surface area (Å²) in [7, 11) is 2.14. The van der Waals surface area contributed by atoms with Crippen LogP contribution < -0.4 is 4.90 Å². The zero-order valence-corrected chi connectivity index (χ0v) is 17.9. The fourth-order valence-electron chi connectivity index (χ4n) is 3.17. The molecule has 1 fully saturated rings. The average molecular weight is 418 g/mol. The first-order valence-corrected chi connectivity index (χ1v) is 10.9. The van der Waals surface area contributed by atoms with Gasteiger partial charge in [-0.2, -0.15) is 4.31 Å². The minimum atomic E-state index is -3.56. The minimum Gasteiger partial charge on any atom is -0.379 e. The van der Waals surface area contributed by atoms with Gasteiger partial charge in [-0.05, 0) is 42.0 Å². The van der Waals surface area contributed by atoms with Crippen molar-refractivity contribution in [2.45, 2.75) is 11.4 Å². The van der Waals surface area contributed by atoms with Crippen LogP contribution in [0, 0.1) is 0 Å². The lowest BCUT2D eigenvalue weighted by molar-refractivity contribution is 0.0730. The average Bonchev–Trinajstić information content (AvgIpc) is 2.74. The van der Waals surface area contributed by atoms with Crippen molar-refractivity contribution in [3.05, 3.63) is 59.7 Å². The van der Waals surface area contributed by atoms with E-state index in [4.69, 9.17) is 4.74 Å². The van der Waals surface area contributed by atoms with Crippen molar-refractivity contribution in [2.75, 3.05) is 52.3 Å². The van der Waals surface area contributed by atoms with Crippen molar-refractivity contribution in [1.29, 1.82) is 0 Å². The van der Waals surface area contributed by atoms with E-state index < -0.39 is 10.0 Å². The lowest BCUT2D eigenvalue weighted by Gasteiger charge is -2.26. The SMILES string of the molecule is CN(Cc1ccc(N(C)C)cc1)C(=O)c1ccc(S(=O)(=O)N2CCOCC2)cc1. The van der Waals surface area contributed by atoms with Crippen molar-refractivity contribution >= 4 is 21.6 Å². The zero-order valence-electron chi connectivity index (χ0n) is 17.0. The van der Waals surface area contributed by atoms with E-state index >= 15 is 0 Å². The fraction of sp³-hybridized carbons (Fsp3) is 0.381. The molecule has 2 aromatic carbocycles. The summed E-state index contributed by atoms with van der Waals surface area (Å²) in [6, 6.07) is 14.2. The molecule has 0 saturated carbocycles. The highest BCUT2D eigenvalue weighted by Gasteiger charge is 2.26. The number of anilines is 1. The number of amides is 1. The first kappa shape index (κ1) is 21.3. The zero-order chi connectivity index (χ0) is 21.0. The fourth-order valence-corrected chi connectivity index (χ4v) is 4.58. The quantitative estimate of drug-likeness (QED) is 0.720. The first-order valence-electron chi connectivity index (χ1n) is 9.49. The van der Waals surface area contributed by atoms with Crippen LogP contribution in [0.1, 0.15) is 15.9 Å². The van der Waals surface area contributed by atoms with Gasteiger partial charge < -0.3 is 14.5 Å². The van der Waals surface area contributed by atoms with Gasteiger partial charge in [0.25, 0.3) is 5.91 Å². The standard InChI is InChI=1S/C21H27N3O4S/c1-22(2)19-8-4-17(5-9-19)16-23(3)21(25)18-6-10-20(11-7-18)29(26,27)24-12-14-28-15-13-24/h4-11H,12-16H2,1-3H3. The number of morpholine rings is 1. The summed E-state index contributed by atoms with van der Waals surface area (Å²) in [4.78, 5) is 16.6. The molecule has 3 rings (SSSR count). The minimum absolute atomic E-state index is 0.156. The molecule has 0 radical (unpaired) electrons. The second-order valence-corrected chi connectivity index (χ2v) is 9.20. The number of hydrogen-bond acceptors (Lipinski definition) is 5. The number of hydrogen-bond donors (Lipinski definition) is 0. The molecule has 0 N–H and O–H groups in total. The maximum atomic E-state index is 12.7. The van der Waals surface area contributed by atoms with Crippen LogP contribution >= 0.6 is 0 Å². The van der Waals surface area contributed by atoms with Crippen molar-refractivity contribution < 1.29 is 17.9 Å². The highest BCUT2D eigenvalue weighted by molar-refractivity contribution is 7.89. The Balaban J connectivity index is 1.67. The maximum absolute atomic E-state index is 12.7. The topological polar surface area (TPSA) is 70.2 Å². The van der Waals surface area contributed by atoms with E-state index in [1.807, 2.05) is 43.3 Å². The predicted molar refractivity (Wildman–Crippen MR) is 113 cm³/mol. The molecule has 1 heterocycles. The van der Waals surface area contributed by atoms with Crippen LogP contribution in [-0.4, -0.2) is 71.0 Å². The molecule has 0 bridgehead atoms. The lowest BCUT2D eigenvalue weighted by Crippen LogP contribution is -2.40. The molecule has 0 atom stereocenters. The molecular weight excluding hydrogens is 390 g/mol. The van der Waals surface area contributed by atoms with E-state index in [-0.39, 0.29) is 10.8 Å². The van der Waals surface area contributed by atoms with Gasteiger partial charge in [-0.25, -0.2) is 8.42 Å². The van der Waals surface area contributed by atoms with Crippen LogP contribution in [0.4, 0.5) is 5.69 Å². The molecule has 1 aliphatic rings. The highest BCUT2D eigenvalue weighted by atomic mass is 32.2. The molecule has 0 aromatic heterocycles. The Morgan fingerprint density at radius 1 is 0.966 bits per heavy atom. The van der Waals surface area contributed by atoms with E-state index in [1.54, 1.807) is 24.1 Å². The van der Waals surface area contributed by atoms with Crippen LogP contribution in [0.25, 0.3) is 0 Å². The largest absolute Gasteiger partial charge is 0.379 e. The van der Waals surface area contributed by atoms with E-state index in [0.717, 1.165) is 11.3 Å². The van der Waals surface area contributed by atoms with Crippen LogP contribution in [-0.2, 0) is 21.3 Å². The Hall–Kier alpha value is -2.42. The summed E-state index contributed by atoms with van der Waals surface area (Å²) in [5.74, 6) is -0.156. The molecule has 0 aliphatic carbocycles. The number of carbonyl (C=O) groups excluding carboxylic acids is 1. The van der Waals surface area contributed by atoms with Crippen LogP contribution in [0.15, 0.2) is 53.4 Å². The maximum Gasteiger partial charge on any atom is 0.253 e. The Kier molecular flexibility index (Phi) is 6.56. The lowest BCUT2D eigenvalue weighted by atomic mass is 10.1. The number of nitrogens with zero attached hydrogens (tertiary/aromatic N) is 3. The number of benzene rings is 2. The van der Waals surface area contributed by atoms with Crippen molar-refractivity contribution in [3.63, 3.8) is 0 Å². The van der Waals surface area contributed by atoms with E-state index in [9.17, 15) is 13.2 Å². The Morgan fingerprint density at radius 2 is 1.55 bits per heavy atom. The number of sulfonamides is 1. The number of ether oxygens (including phenoxy) is 1. The molecule has 1 amide bonds. The highest BCUT2D eigenvalue weighted by Crippen LogP contribution is 2.19. The van der Waals surface area contributed by atoms with Crippen LogP contribution in [0.2, 0.25) is 0 Å². The van der Waals surface area contributed by atoms with Gasteiger partial charge in [0.05, 0.1) is 18.1 Å². The van der Waals surface area contributed by atoms with Crippen LogP contribution in [0.5, 0.6) is 0 Å². The summed E-state index contributed by atoms with van der Waals surface area (Å²) < 4.78 is 32.0. The molecule has 7 nitrogen and oxygen atoms in total. The third-order valence-electron chi connectivity index (χ3n) is 4.93.